The fourth-order valence-electron chi connectivity index (χ4n) is 1.95. The van der Waals surface area contributed by atoms with Gasteiger partial charge in [-0.15, -0.1) is 0 Å². The SMILES string of the molecule is Cc1cn[nH]c1NC(=O)c1nccc2ccccc12. The zero-order valence-corrected chi connectivity index (χ0v) is 10.3. The van der Waals surface area contributed by atoms with Gasteiger partial charge in [0.15, 0.2) is 0 Å². The second kappa shape index (κ2) is 4.53. The number of rotatable bonds is 2. The van der Waals surface area contributed by atoms with Gasteiger partial charge in [-0.2, -0.15) is 5.10 Å². The molecule has 0 saturated carbocycles. The van der Waals surface area contributed by atoms with Gasteiger partial charge in [-0.05, 0) is 18.4 Å². The highest BCUT2D eigenvalue weighted by molar-refractivity contribution is 6.11. The lowest BCUT2D eigenvalue weighted by molar-refractivity contribution is 0.102. The number of aromatic nitrogens is 3. The average Bonchev–Trinajstić information content (AvgIpc) is 2.83. The number of aryl methyl sites for hydroxylation is 1. The van der Waals surface area contributed by atoms with Crippen LogP contribution in [0.25, 0.3) is 10.8 Å². The molecule has 19 heavy (non-hydrogen) atoms. The highest BCUT2D eigenvalue weighted by Gasteiger charge is 2.13. The number of carbonyl (C=O) groups excluding carboxylic acids is 1. The van der Waals surface area contributed by atoms with Gasteiger partial charge in [0.25, 0.3) is 5.91 Å². The molecular formula is C14H12N4O. The van der Waals surface area contributed by atoms with Crippen LogP contribution in [0.3, 0.4) is 0 Å². The smallest absolute Gasteiger partial charge is 0.276 e. The zero-order chi connectivity index (χ0) is 13.2. The van der Waals surface area contributed by atoms with Crippen molar-refractivity contribution in [1.29, 1.82) is 0 Å². The van der Waals surface area contributed by atoms with Crippen LogP contribution >= 0.6 is 0 Å². The predicted molar refractivity (Wildman–Crippen MR) is 73.0 cm³/mol. The highest BCUT2D eigenvalue weighted by Crippen LogP contribution is 2.18. The van der Waals surface area contributed by atoms with Gasteiger partial charge >= 0.3 is 0 Å². The minimum absolute atomic E-state index is 0.246. The molecule has 3 rings (SSSR count). The molecular weight excluding hydrogens is 240 g/mol. The van der Waals surface area contributed by atoms with Crippen LogP contribution in [0.15, 0.2) is 42.7 Å². The largest absolute Gasteiger partial charge is 0.305 e. The third-order valence-electron chi connectivity index (χ3n) is 2.96. The summed E-state index contributed by atoms with van der Waals surface area (Å²) in [5.74, 6) is 0.351. The van der Waals surface area contributed by atoms with E-state index in [4.69, 9.17) is 0 Å². The molecule has 0 spiro atoms. The summed E-state index contributed by atoms with van der Waals surface area (Å²) in [6, 6.07) is 9.55. The Bertz CT molecular complexity index is 743. The summed E-state index contributed by atoms with van der Waals surface area (Å²) in [4.78, 5) is 16.4. The van der Waals surface area contributed by atoms with Crippen molar-refractivity contribution in [3.05, 3.63) is 54.0 Å². The van der Waals surface area contributed by atoms with Crippen LogP contribution in [-0.4, -0.2) is 21.1 Å². The summed E-state index contributed by atoms with van der Waals surface area (Å²) in [6.07, 6.45) is 3.29. The molecule has 0 aliphatic heterocycles. The van der Waals surface area contributed by atoms with Gasteiger partial charge in [0.2, 0.25) is 0 Å². The van der Waals surface area contributed by atoms with Gasteiger partial charge in [0, 0.05) is 17.1 Å². The lowest BCUT2D eigenvalue weighted by atomic mass is 10.1. The number of aromatic amines is 1. The molecule has 0 radical (unpaired) electrons. The molecule has 0 fully saturated rings. The maximum absolute atomic E-state index is 12.3. The van der Waals surface area contributed by atoms with E-state index in [9.17, 15) is 4.79 Å². The van der Waals surface area contributed by atoms with E-state index in [1.807, 2.05) is 37.3 Å². The molecule has 2 aromatic heterocycles. The Morgan fingerprint density at radius 1 is 1.26 bits per heavy atom. The van der Waals surface area contributed by atoms with Crippen molar-refractivity contribution in [2.45, 2.75) is 6.92 Å². The molecule has 1 aromatic carbocycles. The fourth-order valence-corrected chi connectivity index (χ4v) is 1.95. The molecule has 3 aromatic rings. The van der Waals surface area contributed by atoms with Crippen molar-refractivity contribution in [1.82, 2.24) is 15.2 Å². The summed E-state index contributed by atoms with van der Waals surface area (Å²) in [5.41, 5.74) is 1.29. The second-order valence-electron chi connectivity index (χ2n) is 4.26. The number of benzene rings is 1. The molecule has 0 atom stereocenters. The predicted octanol–water partition coefficient (Wildman–Crippen LogP) is 2.52. The molecule has 0 saturated heterocycles. The first-order chi connectivity index (χ1) is 9.25. The normalized spacial score (nSPS) is 10.6. The highest BCUT2D eigenvalue weighted by atomic mass is 16.2. The summed E-state index contributed by atoms with van der Waals surface area (Å²) in [6.45, 7) is 1.87. The van der Waals surface area contributed by atoms with Crippen LogP contribution in [0.5, 0.6) is 0 Å². The molecule has 0 unspecified atom stereocenters. The van der Waals surface area contributed by atoms with E-state index < -0.39 is 0 Å². The van der Waals surface area contributed by atoms with Crippen molar-refractivity contribution in [3.8, 4) is 0 Å². The van der Waals surface area contributed by atoms with E-state index in [-0.39, 0.29) is 5.91 Å². The lowest BCUT2D eigenvalue weighted by Gasteiger charge is -2.06. The summed E-state index contributed by atoms with van der Waals surface area (Å²) >= 11 is 0. The monoisotopic (exact) mass is 252 g/mol. The number of H-pyrrole nitrogens is 1. The van der Waals surface area contributed by atoms with Gasteiger partial charge in [-0.3, -0.25) is 14.9 Å². The van der Waals surface area contributed by atoms with E-state index in [0.717, 1.165) is 16.3 Å². The van der Waals surface area contributed by atoms with Crippen molar-refractivity contribution in [2.24, 2.45) is 0 Å². The van der Waals surface area contributed by atoms with Crippen molar-refractivity contribution in [3.63, 3.8) is 0 Å². The standard InChI is InChI=1S/C14H12N4O/c1-9-8-16-18-13(9)17-14(19)12-11-5-3-2-4-10(11)6-7-15-12/h2-8H,1H3,(H2,16,17,18,19). The molecule has 2 N–H and O–H groups in total. The minimum atomic E-state index is -0.246. The Labute approximate surface area is 109 Å². The topological polar surface area (TPSA) is 70.7 Å². The Balaban J connectivity index is 2.00. The molecule has 5 heteroatoms. The molecule has 0 aliphatic carbocycles. The molecule has 0 aliphatic rings. The third-order valence-corrected chi connectivity index (χ3v) is 2.96. The van der Waals surface area contributed by atoms with Crippen LogP contribution in [0.4, 0.5) is 5.82 Å². The molecule has 5 nitrogen and oxygen atoms in total. The van der Waals surface area contributed by atoms with Crippen LogP contribution in [0.2, 0.25) is 0 Å². The van der Waals surface area contributed by atoms with Crippen LogP contribution in [-0.2, 0) is 0 Å². The number of pyridine rings is 1. The van der Waals surface area contributed by atoms with Crippen molar-refractivity contribution < 1.29 is 4.79 Å². The van der Waals surface area contributed by atoms with E-state index in [2.05, 4.69) is 20.5 Å². The second-order valence-corrected chi connectivity index (χ2v) is 4.26. The van der Waals surface area contributed by atoms with Crippen molar-refractivity contribution in [2.75, 3.05) is 5.32 Å². The van der Waals surface area contributed by atoms with E-state index in [1.165, 1.54) is 0 Å². The number of hydrogen-bond acceptors (Lipinski definition) is 3. The Hall–Kier alpha value is -2.69. The molecule has 94 valence electrons. The van der Waals surface area contributed by atoms with E-state index in [1.54, 1.807) is 12.4 Å². The first kappa shape index (κ1) is 11.4. The number of carbonyl (C=O) groups is 1. The van der Waals surface area contributed by atoms with Crippen molar-refractivity contribution >= 4 is 22.5 Å². The van der Waals surface area contributed by atoms with Crippen LogP contribution < -0.4 is 5.32 Å². The number of fused-ring (bicyclic) bond motifs is 1. The van der Waals surface area contributed by atoms with E-state index >= 15 is 0 Å². The summed E-state index contributed by atoms with van der Waals surface area (Å²) < 4.78 is 0. The molecule has 2 heterocycles. The average molecular weight is 252 g/mol. The maximum atomic E-state index is 12.3. The van der Waals surface area contributed by atoms with Crippen LogP contribution in [0.1, 0.15) is 16.1 Å². The van der Waals surface area contributed by atoms with Gasteiger partial charge in [0.05, 0.1) is 6.20 Å². The number of nitrogens with zero attached hydrogens (tertiary/aromatic N) is 2. The minimum Gasteiger partial charge on any atom is -0.305 e. The van der Waals surface area contributed by atoms with E-state index in [0.29, 0.717) is 11.5 Å². The zero-order valence-electron chi connectivity index (χ0n) is 10.3. The summed E-state index contributed by atoms with van der Waals surface area (Å²) in [5, 5.41) is 11.2. The van der Waals surface area contributed by atoms with Gasteiger partial charge in [-0.25, -0.2) is 0 Å². The Kier molecular flexibility index (Phi) is 2.72. The number of anilines is 1. The molecule has 0 bridgehead atoms. The number of nitrogens with one attached hydrogen (secondary N) is 2. The number of amides is 1. The quantitative estimate of drug-likeness (QED) is 0.736. The lowest BCUT2D eigenvalue weighted by Crippen LogP contribution is -2.15. The van der Waals surface area contributed by atoms with Gasteiger partial charge < -0.3 is 5.32 Å². The van der Waals surface area contributed by atoms with Gasteiger partial charge in [-0.1, -0.05) is 24.3 Å². The summed E-state index contributed by atoms with van der Waals surface area (Å²) in [7, 11) is 0. The van der Waals surface area contributed by atoms with Crippen LogP contribution in [0, 0.1) is 6.92 Å². The third kappa shape index (κ3) is 2.06. The first-order valence-corrected chi connectivity index (χ1v) is 5.91. The Morgan fingerprint density at radius 3 is 2.89 bits per heavy atom. The first-order valence-electron chi connectivity index (χ1n) is 5.91. The van der Waals surface area contributed by atoms with Gasteiger partial charge in [0.1, 0.15) is 11.5 Å². The maximum Gasteiger partial charge on any atom is 0.276 e. The number of hydrogen-bond donors (Lipinski definition) is 2. The Morgan fingerprint density at radius 2 is 2.11 bits per heavy atom. The molecule has 1 amide bonds. The fraction of sp³-hybridized carbons (Fsp3) is 0.0714.